The van der Waals surface area contributed by atoms with Gasteiger partial charge in [0.2, 0.25) is 10.0 Å². The van der Waals surface area contributed by atoms with Gasteiger partial charge in [0.1, 0.15) is 4.90 Å². The van der Waals surface area contributed by atoms with Crippen LogP contribution in [0.2, 0.25) is 10.0 Å². The third kappa shape index (κ3) is 3.22. The Kier molecular flexibility index (Phi) is 5.54. The number of sulfonamides is 1. The van der Waals surface area contributed by atoms with E-state index < -0.39 is 10.0 Å². The van der Waals surface area contributed by atoms with Crippen LogP contribution in [0, 0.1) is 0 Å². The number of benzene rings is 1. The number of halogens is 2. The normalized spacial score (nSPS) is 20.7. The Morgan fingerprint density at radius 2 is 2.05 bits per heavy atom. The van der Waals surface area contributed by atoms with Gasteiger partial charge in [-0.25, -0.2) is 8.42 Å². The lowest BCUT2D eigenvalue weighted by Crippen LogP contribution is -2.43. The Labute approximate surface area is 136 Å². The monoisotopic (exact) mass is 350 g/mol. The Balaban J connectivity index is 2.49. The summed E-state index contributed by atoms with van der Waals surface area (Å²) in [5, 5.41) is 0.539. The zero-order valence-corrected chi connectivity index (χ0v) is 14.3. The summed E-state index contributed by atoms with van der Waals surface area (Å²) in [5.74, 6) is 0. The molecule has 2 rings (SSSR count). The quantitative estimate of drug-likeness (QED) is 0.904. The van der Waals surface area contributed by atoms with E-state index in [9.17, 15) is 8.42 Å². The maximum atomic E-state index is 12.9. The van der Waals surface area contributed by atoms with Crippen molar-refractivity contribution in [2.45, 2.75) is 50.1 Å². The van der Waals surface area contributed by atoms with Gasteiger partial charge in [0.25, 0.3) is 0 Å². The average molecular weight is 351 g/mol. The molecule has 1 heterocycles. The van der Waals surface area contributed by atoms with E-state index in [4.69, 9.17) is 28.9 Å². The third-order valence-corrected chi connectivity index (χ3v) is 6.88. The SMILES string of the molecule is CCC1CCCCN1S(=O)(=O)c1ccc(Cl)c(CN)c1Cl. The topological polar surface area (TPSA) is 63.4 Å². The van der Waals surface area contributed by atoms with Crippen LogP contribution in [-0.2, 0) is 16.6 Å². The molecule has 0 spiro atoms. The molecule has 0 amide bonds. The molecule has 0 radical (unpaired) electrons. The van der Waals surface area contributed by atoms with Crippen molar-refractivity contribution < 1.29 is 8.42 Å². The molecule has 0 aliphatic carbocycles. The number of piperidine rings is 1. The highest BCUT2D eigenvalue weighted by atomic mass is 35.5. The molecular weight excluding hydrogens is 331 g/mol. The van der Waals surface area contributed by atoms with Gasteiger partial charge < -0.3 is 5.73 Å². The van der Waals surface area contributed by atoms with Gasteiger partial charge in [-0.1, -0.05) is 36.5 Å². The standard InChI is InChI=1S/C14H20Cl2N2O2S/c1-2-10-5-3-4-8-18(10)21(19,20)13-7-6-12(15)11(9-17)14(13)16/h6-7,10H,2-5,8-9,17H2,1H3. The molecule has 1 saturated heterocycles. The van der Waals surface area contributed by atoms with E-state index in [-0.39, 0.29) is 22.5 Å². The maximum Gasteiger partial charge on any atom is 0.244 e. The molecule has 1 aliphatic heterocycles. The summed E-state index contributed by atoms with van der Waals surface area (Å²) >= 11 is 12.3. The van der Waals surface area contributed by atoms with Gasteiger partial charge in [-0.2, -0.15) is 4.31 Å². The van der Waals surface area contributed by atoms with E-state index in [1.807, 2.05) is 6.92 Å². The molecule has 2 N–H and O–H groups in total. The molecule has 7 heteroatoms. The van der Waals surface area contributed by atoms with Crippen LogP contribution in [0.1, 0.15) is 38.2 Å². The lowest BCUT2D eigenvalue weighted by molar-refractivity contribution is 0.246. The summed E-state index contributed by atoms with van der Waals surface area (Å²) in [6.07, 6.45) is 3.64. The number of nitrogens with zero attached hydrogens (tertiary/aromatic N) is 1. The predicted molar refractivity (Wildman–Crippen MR) is 86.2 cm³/mol. The fraction of sp³-hybridized carbons (Fsp3) is 0.571. The predicted octanol–water partition coefficient (Wildman–Crippen LogP) is 3.41. The van der Waals surface area contributed by atoms with E-state index in [1.54, 1.807) is 10.4 Å². The van der Waals surface area contributed by atoms with Gasteiger partial charge in [0, 0.05) is 29.7 Å². The number of hydrogen-bond donors (Lipinski definition) is 1. The molecule has 1 aliphatic rings. The second kappa shape index (κ2) is 6.84. The first kappa shape index (κ1) is 17.0. The molecule has 1 aromatic rings. The molecule has 1 aromatic carbocycles. The number of nitrogens with two attached hydrogens (primary N) is 1. The molecule has 0 bridgehead atoms. The van der Waals surface area contributed by atoms with Crippen molar-refractivity contribution in [2.24, 2.45) is 5.73 Å². The zero-order chi connectivity index (χ0) is 15.6. The van der Waals surface area contributed by atoms with Gasteiger partial charge in [-0.3, -0.25) is 0 Å². The van der Waals surface area contributed by atoms with Crippen LogP contribution in [0.25, 0.3) is 0 Å². The second-order valence-electron chi connectivity index (χ2n) is 5.22. The van der Waals surface area contributed by atoms with Crippen molar-refractivity contribution in [3.8, 4) is 0 Å². The Morgan fingerprint density at radius 1 is 1.33 bits per heavy atom. The first-order chi connectivity index (χ1) is 9.93. The summed E-state index contributed by atoms with van der Waals surface area (Å²) in [7, 11) is -3.62. The average Bonchev–Trinajstić information content (AvgIpc) is 2.47. The zero-order valence-electron chi connectivity index (χ0n) is 12.0. The molecule has 4 nitrogen and oxygen atoms in total. The summed E-state index contributed by atoms with van der Waals surface area (Å²) < 4.78 is 27.4. The fourth-order valence-electron chi connectivity index (χ4n) is 2.79. The lowest BCUT2D eigenvalue weighted by Gasteiger charge is -2.34. The van der Waals surface area contributed by atoms with Crippen molar-refractivity contribution >= 4 is 33.2 Å². The van der Waals surface area contributed by atoms with Gasteiger partial charge in [0.05, 0.1) is 5.02 Å². The first-order valence-corrected chi connectivity index (χ1v) is 9.31. The van der Waals surface area contributed by atoms with E-state index in [1.165, 1.54) is 6.07 Å². The van der Waals surface area contributed by atoms with Gasteiger partial charge in [0.15, 0.2) is 0 Å². The molecule has 0 aromatic heterocycles. The third-order valence-electron chi connectivity index (χ3n) is 3.99. The van der Waals surface area contributed by atoms with Crippen molar-refractivity contribution in [1.29, 1.82) is 0 Å². The molecule has 0 saturated carbocycles. The van der Waals surface area contributed by atoms with Gasteiger partial charge >= 0.3 is 0 Å². The Bertz CT molecular complexity index is 620. The highest BCUT2D eigenvalue weighted by Crippen LogP contribution is 2.35. The van der Waals surface area contributed by atoms with Crippen LogP contribution in [0.15, 0.2) is 17.0 Å². The van der Waals surface area contributed by atoms with Crippen LogP contribution in [-0.4, -0.2) is 25.3 Å². The van der Waals surface area contributed by atoms with Crippen LogP contribution in [0.5, 0.6) is 0 Å². The van der Waals surface area contributed by atoms with Crippen molar-refractivity contribution in [1.82, 2.24) is 4.31 Å². The van der Waals surface area contributed by atoms with Gasteiger partial charge in [-0.15, -0.1) is 0 Å². The van der Waals surface area contributed by atoms with Crippen molar-refractivity contribution in [3.05, 3.63) is 27.7 Å². The summed E-state index contributed by atoms with van der Waals surface area (Å²) in [5.41, 5.74) is 6.09. The summed E-state index contributed by atoms with van der Waals surface area (Å²) in [4.78, 5) is 0.106. The minimum Gasteiger partial charge on any atom is -0.326 e. The number of hydrogen-bond acceptors (Lipinski definition) is 3. The van der Waals surface area contributed by atoms with Crippen LogP contribution >= 0.6 is 23.2 Å². The van der Waals surface area contributed by atoms with Crippen molar-refractivity contribution in [2.75, 3.05) is 6.54 Å². The molecule has 1 atom stereocenters. The minimum atomic E-state index is -3.62. The molecular formula is C14H20Cl2N2O2S. The molecule has 1 fully saturated rings. The summed E-state index contributed by atoms with van der Waals surface area (Å²) in [6.45, 7) is 2.66. The van der Waals surface area contributed by atoms with E-state index in [0.29, 0.717) is 17.1 Å². The fourth-order valence-corrected chi connectivity index (χ4v) is 5.46. The minimum absolute atomic E-state index is 0.0387. The van der Waals surface area contributed by atoms with Crippen LogP contribution in [0.3, 0.4) is 0 Å². The smallest absolute Gasteiger partial charge is 0.244 e. The van der Waals surface area contributed by atoms with Crippen LogP contribution in [0.4, 0.5) is 0 Å². The number of rotatable bonds is 4. The van der Waals surface area contributed by atoms with Crippen molar-refractivity contribution in [3.63, 3.8) is 0 Å². The van der Waals surface area contributed by atoms with E-state index in [0.717, 1.165) is 25.7 Å². The largest absolute Gasteiger partial charge is 0.326 e. The van der Waals surface area contributed by atoms with E-state index in [2.05, 4.69) is 0 Å². The molecule has 21 heavy (non-hydrogen) atoms. The summed E-state index contributed by atoms with van der Waals surface area (Å²) in [6, 6.07) is 3.06. The maximum absolute atomic E-state index is 12.9. The lowest BCUT2D eigenvalue weighted by atomic mass is 10.0. The van der Waals surface area contributed by atoms with E-state index >= 15 is 0 Å². The molecule has 118 valence electrons. The second-order valence-corrected chi connectivity index (χ2v) is 7.86. The highest BCUT2D eigenvalue weighted by Gasteiger charge is 2.34. The van der Waals surface area contributed by atoms with Gasteiger partial charge in [-0.05, 0) is 31.4 Å². The first-order valence-electron chi connectivity index (χ1n) is 7.12. The van der Waals surface area contributed by atoms with Crippen LogP contribution < -0.4 is 5.73 Å². The molecule has 1 unspecified atom stereocenters. The Morgan fingerprint density at radius 3 is 2.67 bits per heavy atom. The highest BCUT2D eigenvalue weighted by molar-refractivity contribution is 7.89. The Hall–Kier alpha value is -0.330.